The first-order chi connectivity index (χ1) is 15.2. The third-order valence-electron chi connectivity index (χ3n) is 5.30. The standard InChI is InChI=1S/C23H21N7O/c1-24-17-4-6-18(7-5-17)26-22-14-20(27-23(28-22)30-9-11-31-12-10-30)16-3-8-19-21(13-16)29(2)15-25-19/h3-8,13-15H,9-12H2,2H3,(H,26,27,28). The number of hydrogen-bond donors (Lipinski definition) is 1. The molecule has 1 aliphatic rings. The summed E-state index contributed by atoms with van der Waals surface area (Å²) in [7, 11) is 1.98. The van der Waals surface area contributed by atoms with E-state index < -0.39 is 0 Å². The number of rotatable bonds is 4. The summed E-state index contributed by atoms with van der Waals surface area (Å²) in [6, 6.07) is 15.4. The minimum atomic E-state index is 0.604. The number of nitrogens with zero attached hydrogens (tertiary/aromatic N) is 6. The first-order valence-corrected chi connectivity index (χ1v) is 10.1. The molecule has 1 aliphatic heterocycles. The van der Waals surface area contributed by atoms with Gasteiger partial charge >= 0.3 is 0 Å². The van der Waals surface area contributed by atoms with Crippen LogP contribution in [0.3, 0.4) is 0 Å². The molecule has 1 fully saturated rings. The van der Waals surface area contributed by atoms with Crippen LogP contribution in [0.15, 0.2) is 54.9 Å². The van der Waals surface area contributed by atoms with Gasteiger partial charge < -0.3 is 19.5 Å². The Hall–Kier alpha value is -3.96. The fourth-order valence-corrected chi connectivity index (χ4v) is 3.60. The Labute approximate surface area is 180 Å². The maximum absolute atomic E-state index is 7.12. The van der Waals surface area contributed by atoms with Crippen LogP contribution in [0.1, 0.15) is 0 Å². The number of hydrogen-bond acceptors (Lipinski definition) is 6. The van der Waals surface area contributed by atoms with Crippen LogP contribution in [0, 0.1) is 6.57 Å². The van der Waals surface area contributed by atoms with Gasteiger partial charge in [-0.2, -0.15) is 4.98 Å². The van der Waals surface area contributed by atoms with Crippen molar-refractivity contribution in [2.45, 2.75) is 0 Å². The summed E-state index contributed by atoms with van der Waals surface area (Å²) in [6.07, 6.45) is 1.81. The van der Waals surface area contributed by atoms with Crippen molar-refractivity contribution >= 4 is 34.2 Å². The second-order valence-electron chi connectivity index (χ2n) is 7.38. The number of morpholine rings is 1. The Kier molecular flexibility index (Phi) is 4.94. The Morgan fingerprint density at radius 1 is 1.03 bits per heavy atom. The van der Waals surface area contributed by atoms with Gasteiger partial charge in [-0.15, -0.1) is 0 Å². The third-order valence-corrected chi connectivity index (χ3v) is 5.30. The molecule has 0 bridgehead atoms. The summed E-state index contributed by atoms with van der Waals surface area (Å²) in [5.74, 6) is 1.37. The van der Waals surface area contributed by atoms with E-state index in [0.29, 0.717) is 30.7 Å². The van der Waals surface area contributed by atoms with Crippen LogP contribution in [-0.2, 0) is 11.8 Å². The van der Waals surface area contributed by atoms with E-state index in [4.69, 9.17) is 21.3 Å². The first kappa shape index (κ1) is 19.0. The van der Waals surface area contributed by atoms with Gasteiger partial charge in [-0.1, -0.05) is 18.2 Å². The molecule has 0 amide bonds. The number of imidazole rings is 1. The summed E-state index contributed by atoms with van der Waals surface area (Å²) >= 11 is 0. The highest BCUT2D eigenvalue weighted by Crippen LogP contribution is 2.28. The molecule has 0 spiro atoms. The normalized spacial score (nSPS) is 13.9. The number of fused-ring (bicyclic) bond motifs is 1. The van der Waals surface area contributed by atoms with Gasteiger partial charge in [0.15, 0.2) is 5.69 Å². The molecule has 8 heteroatoms. The van der Waals surface area contributed by atoms with Crippen molar-refractivity contribution in [1.82, 2.24) is 19.5 Å². The lowest BCUT2D eigenvalue weighted by molar-refractivity contribution is 0.122. The van der Waals surface area contributed by atoms with Gasteiger partial charge in [-0.3, -0.25) is 0 Å². The largest absolute Gasteiger partial charge is 0.378 e. The first-order valence-electron chi connectivity index (χ1n) is 10.1. The van der Waals surface area contributed by atoms with Gasteiger partial charge in [0.1, 0.15) is 5.82 Å². The minimum absolute atomic E-state index is 0.604. The van der Waals surface area contributed by atoms with Crippen molar-refractivity contribution in [2.24, 2.45) is 7.05 Å². The Bertz CT molecular complexity index is 1270. The van der Waals surface area contributed by atoms with E-state index in [1.807, 2.05) is 48.3 Å². The van der Waals surface area contributed by atoms with Crippen LogP contribution in [0.4, 0.5) is 23.1 Å². The summed E-state index contributed by atoms with van der Waals surface area (Å²) in [4.78, 5) is 19.6. The highest BCUT2D eigenvalue weighted by atomic mass is 16.5. The average Bonchev–Trinajstić information content (AvgIpc) is 3.20. The second kappa shape index (κ2) is 8.05. The average molecular weight is 411 g/mol. The zero-order valence-electron chi connectivity index (χ0n) is 17.1. The molecule has 0 unspecified atom stereocenters. The Morgan fingerprint density at radius 3 is 2.61 bits per heavy atom. The molecule has 1 N–H and O–H groups in total. The highest BCUT2D eigenvalue weighted by molar-refractivity contribution is 5.82. The van der Waals surface area contributed by atoms with Crippen molar-refractivity contribution in [3.8, 4) is 11.3 Å². The van der Waals surface area contributed by atoms with Crippen molar-refractivity contribution in [3.63, 3.8) is 0 Å². The summed E-state index contributed by atoms with van der Waals surface area (Å²) in [6.45, 7) is 9.95. The van der Waals surface area contributed by atoms with Crippen molar-refractivity contribution in [3.05, 3.63) is 66.3 Å². The molecular formula is C23H21N7O. The number of aryl methyl sites for hydroxylation is 1. The van der Waals surface area contributed by atoms with E-state index in [1.165, 1.54) is 0 Å². The van der Waals surface area contributed by atoms with Gasteiger partial charge in [0.25, 0.3) is 0 Å². The molecule has 0 radical (unpaired) electrons. The number of ether oxygens (including phenoxy) is 1. The molecule has 4 aromatic rings. The summed E-state index contributed by atoms with van der Waals surface area (Å²) in [5, 5.41) is 3.36. The van der Waals surface area contributed by atoms with Gasteiger partial charge in [-0.05, 0) is 24.3 Å². The van der Waals surface area contributed by atoms with Crippen LogP contribution in [0.2, 0.25) is 0 Å². The molecule has 1 saturated heterocycles. The fourth-order valence-electron chi connectivity index (χ4n) is 3.60. The van der Waals surface area contributed by atoms with Crippen LogP contribution in [0.25, 0.3) is 27.1 Å². The van der Waals surface area contributed by atoms with Crippen LogP contribution in [0.5, 0.6) is 0 Å². The molecular weight excluding hydrogens is 390 g/mol. The third kappa shape index (κ3) is 3.91. The number of anilines is 3. The van der Waals surface area contributed by atoms with Crippen LogP contribution >= 0.6 is 0 Å². The topological polar surface area (TPSA) is 72.5 Å². The lowest BCUT2D eigenvalue weighted by Gasteiger charge is -2.27. The summed E-state index contributed by atoms with van der Waals surface area (Å²) in [5.41, 5.74) is 5.30. The monoisotopic (exact) mass is 411 g/mol. The predicted octanol–water partition coefficient (Wildman–Crippen LogP) is 4.16. The van der Waals surface area contributed by atoms with E-state index in [2.05, 4.69) is 26.1 Å². The van der Waals surface area contributed by atoms with Crippen molar-refractivity contribution < 1.29 is 4.74 Å². The van der Waals surface area contributed by atoms with Crippen LogP contribution < -0.4 is 10.2 Å². The lowest BCUT2D eigenvalue weighted by atomic mass is 10.1. The zero-order valence-corrected chi connectivity index (χ0v) is 17.1. The maximum atomic E-state index is 7.12. The van der Waals surface area contributed by atoms with E-state index in [0.717, 1.165) is 41.1 Å². The van der Waals surface area contributed by atoms with Crippen molar-refractivity contribution in [1.29, 1.82) is 0 Å². The maximum Gasteiger partial charge on any atom is 0.228 e. The molecule has 154 valence electrons. The van der Waals surface area contributed by atoms with Gasteiger partial charge in [0.05, 0.1) is 42.8 Å². The number of aromatic nitrogens is 4. The lowest BCUT2D eigenvalue weighted by Crippen LogP contribution is -2.37. The fraction of sp³-hybridized carbons (Fsp3) is 0.217. The zero-order chi connectivity index (χ0) is 21.2. The second-order valence-corrected chi connectivity index (χ2v) is 7.38. The van der Waals surface area contributed by atoms with Gasteiger partial charge in [0.2, 0.25) is 5.95 Å². The quantitative estimate of drug-likeness (QED) is 0.509. The van der Waals surface area contributed by atoms with Gasteiger partial charge in [-0.25, -0.2) is 14.8 Å². The minimum Gasteiger partial charge on any atom is -0.378 e. The highest BCUT2D eigenvalue weighted by Gasteiger charge is 2.17. The molecule has 5 rings (SSSR count). The SMILES string of the molecule is [C-]#[N+]c1ccc(Nc2cc(-c3ccc4ncn(C)c4c3)nc(N3CCOCC3)n2)cc1. The molecule has 2 aromatic carbocycles. The van der Waals surface area contributed by atoms with E-state index in [-0.39, 0.29) is 0 Å². The molecule has 0 aliphatic carbocycles. The smallest absolute Gasteiger partial charge is 0.228 e. The van der Waals surface area contributed by atoms with E-state index in [9.17, 15) is 0 Å². The Balaban J connectivity index is 1.56. The molecule has 8 nitrogen and oxygen atoms in total. The molecule has 0 saturated carbocycles. The summed E-state index contributed by atoms with van der Waals surface area (Å²) < 4.78 is 7.49. The van der Waals surface area contributed by atoms with E-state index in [1.54, 1.807) is 12.1 Å². The molecule has 31 heavy (non-hydrogen) atoms. The van der Waals surface area contributed by atoms with Crippen molar-refractivity contribution in [2.75, 3.05) is 36.5 Å². The molecule has 0 atom stereocenters. The molecule has 2 aromatic heterocycles. The predicted molar refractivity (Wildman–Crippen MR) is 121 cm³/mol. The van der Waals surface area contributed by atoms with Crippen LogP contribution in [-0.4, -0.2) is 45.8 Å². The number of nitrogens with one attached hydrogen (secondary N) is 1. The van der Waals surface area contributed by atoms with E-state index >= 15 is 0 Å². The van der Waals surface area contributed by atoms with Gasteiger partial charge in [0, 0.05) is 37.5 Å². The Morgan fingerprint density at radius 2 is 1.84 bits per heavy atom. The molecule has 3 heterocycles. The number of benzene rings is 2.